The van der Waals surface area contributed by atoms with E-state index in [1.165, 1.54) is 12.8 Å². The molecule has 2 N–H and O–H groups in total. The summed E-state index contributed by atoms with van der Waals surface area (Å²) in [6, 6.07) is 0. The summed E-state index contributed by atoms with van der Waals surface area (Å²) < 4.78 is 0. The van der Waals surface area contributed by atoms with E-state index in [-0.39, 0.29) is 5.91 Å². The predicted octanol–water partition coefficient (Wildman–Crippen LogP) is 7.36. The van der Waals surface area contributed by atoms with Crippen LogP contribution in [0.15, 0.2) is 60.8 Å². The van der Waals surface area contributed by atoms with Crippen molar-refractivity contribution in [3.8, 4) is 0 Å². The van der Waals surface area contributed by atoms with Crippen LogP contribution in [0.25, 0.3) is 0 Å². The Hall–Kier alpha value is -1.87. The molecule has 0 aliphatic heterocycles. The van der Waals surface area contributed by atoms with Crippen LogP contribution in [0.4, 0.5) is 0 Å². The molecule has 0 aromatic carbocycles. The minimum Gasteiger partial charge on any atom is -0.388 e. The molecule has 1 unspecified atom stereocenters. The third-order valence-electron chi connectivity index (χ3n) is 5.15. The van der Waals surface area contributed by atoms with Crippen LogP contribution >= 0.6 is 0 Å². The number of rotatable bonds is 19. The zero-order valence-corrected chi connectivity index (χ0v) is 20.3. The number of unbranched alkanes of at least 4 members (excludes halogenated alkanes) is 6. The topological polar surface area (TPSA) is 49.3 Å². The van der Waals surface area contributed by atoms with E-state index in [1.54, 1.807) is 6.08 Å². The van der Waals surface area contributed by atoms with E-state index in [1.807, 2.05) is 30.4 Å². The monoisotopic (exact) mass is 429 g/mol. The summed E-state index contributed by atoms with van der Waals surface area (Å²) in [5, 5.41) is 13.7. The Morgan fingerprint density at radius 3 is 1.90 bits per heavy atom. The molecule has 0 aliphatic rings. The van der Waals surface area contributed by atoms with Crippen molar-refractivity contribution in [3.63, 3.8) is 0 Å². The quantitative estimate of drug-likeness (QED) is 0.128. The van der Waals surface area contributed by atoms with Crippen molar-refractivity contribution in [1.29, 1.82) is 0 Å². The molecule has 0 bridgehead atoms. The number of nitrogens with one attached hydrogen (secondary N) is 1. The number of hydrogen-bond acceptors (Lipinski definition) is 2. The Balaban J connectivity index is 4.08. The fourth-order valence-electron chi connectivity index (χ4n) is 3.13. The van der Waals surface area contributed by atoms with Gasteiger partial charge in [0.15, 0.2) is 0 Å². The number of amides is 1. The van der Waals surface area contributed by atoms with Gasteiger partial charge in [0.1, 0.15) is 0 Å². The van der Waals surface area contributed by atoms with Gasteiger partial charge in [0.25, 0.3) is 0 Å². The van der Waals surface area contributed by atoms with Crippen LogP contribution in [0.3, 0.4) is 0 Å². The molecule has 0 spiro atoms. The number of carbonyl (C=O) groups is 1. The van der Waals surface area contributed by atoms with Crippen molar-refractivity contribution in [3.05, 3.63) is 60.8 Å². The van der Waals surface area contributed by atoms with Crippen molar-refractivity contribution in [2.45, 2.75) is 103 Å². The lowest BCUT2D eigenvalue weighted by Gasteiger charge is -2.28. The SMILES string of the molecule is CCCCC=CC=CC=CC=CCCC=CC(=O)NCC(O)(CCCC)CCCCC. The second kappa shape index (κ2) is 21.4. The van der Waals surface area contributed by atoms with Crippen LogP contribution in [0, 0.1) is 0 Å². The van der Waals surface area contributed by atoms with Gasteiger partial charge >= 0.3 is 0 Å². The van der Waals surface area contributed by atoms with Crippen LogP contribution in [0.5, 0.6) is 0 Å². The molecule has 176 valence electrons. The first kappa shape index (κ1) is 29.1. The number of aliphatic hydroxyl groups is 1. The fourth-order valence-corrected chi connectivity index (χ4v) is 3.13. The molecular formula is C28H47NO2. The van der Waals surface area contributed by atoms with E-state index < -0.39 is 5.60 Å². The van der Waals surface area contributed by atoms with Crippen LogP contribution < -0.4 is 5.32 Å². The minimum atomic E-state index is -0.774. The number of carbonyl (C=O) groups excluding carboxylic acids is 1. The summed E-state index contributed by atoms with van der Waals surface area (Å²) in [7, 11) is 0. The molecule has 0 heterocycles. The Labute approximate surface area is 192 Å². The van der Waals surface area contributed by atoms with Crippen molar-refractivity contribution in [2.75, 3.05) is 6.54 Å². The summed E-state index contributed by atoms with van der Waals surface area (Å²) in [6.45, 7) is 6.83. The maximum Gasteiger partial charge on any atom is 0.243 e. The molecule has 0 saturated carbocycles. The minimum absolute atomic E-state index is 0.119. The summed E-state index contributed by atoms with van der Waals surface area (Å²) in [6.07, 6.45) is 32.2. The highest BCUT2D eigenvalue weighted by molar-refractivity contribution is 5.87. The van der Waals surface area contributed by atoms with Crippen LogP contribution in [-0.4, -0.2) is 23.2 Å². The summed E-state index contributed by atoms with van der Waals surface area (Å²) in [5.41, 5.74) is -0.774. The molecule has 3 heteroatoms. The Morgan fingerprint density at radius 2 is 1.26 bits per heavy atom. The molecule has 3 nitrogen and oxygen atoms in total. The van der Waals surface area contributed by atoms with Crippen molar-refractivity contribution >= 4 is 5.91 Å². The average Bonchev–Trinajstić information content (AvgIpc) is 2.77. The molecule has 1 atom stereocenters. The van der Waals surface area contributed by atoms with Crippen molar-refractivity contribution in [2.24, 2.45) is 0 Å². The molecular weight excluding hydrogens is 382 g/mol. The number of hydrogen-bond donors (Lipinski definition) is 2. The summed E-state index contributed by atoms with van der Waals surface area (Å²) in [4.78, 5) is 12.1. The first-order chi connectivity index (χ1) is 15.1. The van der Waals surface area contributed by atoms with Gasteiger partial charge in [-0.25, -0.2) is 0 Å². The van der Waals surface area contributed by atoms with Gasteiger partial charge in [-0.1, -0.05) is 120 Å². The van der Waals surface area contributed by atoms with Gasteiger partial charge in [-0.2, -0.15) is 0 Å². The Kier molecular flexibility index (Phi) is 20.1. The highest BCUT2D eigenvalue weighted by atomic mass is 16.3. The van der Waals surface area contributed by atoms with Gasteiger partial charge in [-0.15, -0.1) is 0 Å². The third-order valence-corrected chi connectivity index (χ3v) is 5.15. The molecule has 31 heavy (non-hydrogen) atoms. The zero-order chi connectivity index (χ0) is 23.0. The van der Waals surface area contributed by atoms with E-state index in [9.17, 15) is 9.90 Å². The Bertz CT molecular complexity index is 572. The van der Waals surface area contributed by atoms with E-state index >= 15 is 0 Å². The van der Waals surface area contributed by atoms with Crippen LogP contribution in [0.1, 0.15) is 97.8 Å². The first-order valence-electron chi connectivity index (χ1n) is 12.4. The highest BCUT2D eigenvalue weighted by Gasteiger charge is 2.25. The molecule has 0 aliphatic carbocycles. The summed E-state index contributed by atoms with van der Waals surface area (Å²) in [5.74, 6) is -0.119. The lowest BCUT2D eigenvalue weighted by atomic mass is 9.90. The molecule has 0 rings (SSSR count). The fraction of sp³-hybridized carbons (Fsp3) is 0.607. The van der Waals surface area contributed by atoms with Gasteiger partial charge in [-0.3, -0.25) is 4.79 Å². The second-order valence-electron chi connectivity index (χ2n) is 8.25. The van der Waals surface area contributed by atoms with Gasteiger partial charge in [-0.05, 0) is 38.2 Å². The zero-order valence-electron chi connectivity index (χ0n) is 20.3. The molecule has 0 aromatic heterocycles. The highest BCUT2D eigenvalue weighted by Crippen LogP contribution is 2.21. The molecule has 1 amide bonds. The standard InChI is InChI=1S/C28H47NO2/c1-4-7-10-11-12-13-14-15-16-17-18-19-20-21-23-27(30)29-26-28(31,24-9-6-3)25-22-8-5-2/h11-18,21,23,31H,4-10,19-20,22,24-26H2,1-3H3,(H,29,30). The molecule has 0 fully saturated rings. The largest absolute Gasteiger partial charge is 0.388 e. The van der Waals surface area contributed by atoms with Crippen LogP contribution in [-0.2, 0) is 4.79 Å². The normalized spacial score (nSPS) is 14.6. The maximum atomic E-state index is 12.1. The molecule has 0 aromatic rings. The van der Waals surface area contributed by atoms with Gasteiger partial charge in [0.05, 0.1) is 5.60 Å². The average molecular weight is 430 g/mol. The Morgan fingerprint density at radius 1 is 0.710 bits per heavy atom. The molecule has 0 saturated heterocycles. The van der Waals surface area contributed by atoms with Crippen molar-refractivity contribution < 1.29 is 9.90 Å². The first-order valence-corrected chi connectivity index (χ1v) is 12.4. The smallest absolute Gasteiger partial charge is 0.243 e. The van der Waals surface area contributed by atoms with Gasteiger partial charge in [0.2, 0.25) is 5.91 Å². The number of allylic oxidation sites excluding steroid dienone is 9. The van der Waals surface area contributed by atoms with Crippen LogP contribution in [0.2, 0.25) is 0 Å². The van der Waals surface area contributed by atoms with Gasteiger partial charge in [0, 0.05) is 6.54 Å². The predicted molar refractivity (Wildman–Crippen MR) is 136 cm³/mol. The lowest BCUT2D eigenvalue weighted by Crippen LogP contribution is -2.42. The molecule has 0 radical (unpaired) electrons. The van der Waals surface area contributed by atoms with E-state index in [4.69, 9.17) is 0 Å². The van der Waals surface area contributed by atoms with E-state index in [2.05, 4.69) is 50.4 Å². The van der Waals surface area contributed by atoms with Gasteiger partial charge < -0.3 is 10.4 Å². The van der Waals surface area contributed by atoms with E-state index in [0.717, 1.165) is 64.2 Å². The summed E-state index contributed by atoms with van der Waals surface area (Å²) >= 11 is 0. The maximum absolute atomic E-state index is 12.1. The third kappa shape index (κ3) is 19.8. The lowest BCUT2D eigenvalue weighted by molar-refractivity contribution is -0.118. The second-order valence-corrected chi connectivity index (χ2v) is 8.25. The van der Waals surface area contributed by atoms with Crippen molar-refractivity contribution in [1.82, 2.24) is 5.32 Å². The van der Waals surface area contributed by atoms with E-state index in [0.29, 0.717) is 6.54 Å².